The molecule has 3 aliphatic heterocycles. The van der Waals surface area contributed by atoms with E-state index in [0.29, 0.717) is 37.0 Å². The van der Waals surface area contributed by atoms with Crippen LogP contribution in [0, 0.1) is 26.0 Å². The van der Waals surface area contributed by atoms with Crippen LogP contribution in [0.3, 0.4) is 0 Å². The zero-order chi connectivity index (χ0) is 49.6. The Bertz CT molecular complexity index is 2850. The quantitative estimate of drug-likeness (QED) is 0.0458. The van der Waals surface area contributed by atoms with E-state index < -0.39 is 40.2 Å². The lowest BCUT2D eigenvalue weighted by Gasteiger charge is -2.11. The number of nitrogens with one attached hydrogen (secondary N) is 2. The molecule has 0 bridgehead atoms. The number of hydrogen-bond acceptors (Lipinski definition) is 14. The Morgan fingerprint density at radius 3 is 1.34 bits per heavy atom. The van der Waals surface area contributed by atoms with Gasteiger partial charge in [0.15, 0.2) is 34.5 Å². The highest BCUT2D eigenvalue weighted by Gasteiger charge is 2.46. The maximum absolute atomic E-state index is 13.1. The van der Waals surface area contributed by atoms with Crippen molar-refractivity contribution in [1.29, 1.82) is 0 Å². The fourth-order valence-electron chi connectivity index (χ4n) is 6.02. The summed E-state index contributed by atoms with van der Waals surface area (Å²) < 4.78 is 118. The summed E-state index contributed by atoms with van der Waals surface area (Å²) in [7, 11) is 0. The highest BCUT2D eigenvalue weighted by molar-refractivity contribution is 9.11. The number of nitro benzene ring substituents is 2. The molecule has 0 spiro atoms. The van der Waals surface area contributed by atoms with Gasteiger partial charge in [0.2, 0.25) is 5.82 Å². The topological polar surface area (TPSA) is 218 Å². The molecular weight excluding hydrogens is 1120 g/mol. The molecule has 6 N–H and O–H groups in total. The minimum atomic E-state index is -3.71. The molecule has 0 saturated heterocycles. The standard InChI is InChI=1S/C14H9BrF2N2O4.C14H11BrF2N2O2.C8H7F2NO2.C6H3BrFNO2/c15-9-4-5-10(11(6-9)19(20)21)18-7-8-2-1-3-12-13(8)23-14(16,17)22-12;15-9-4-5-11(10(18)6-9)19-7-8-2-1-3-12-13(8)21-14(16,17)20-12;9-8(10)12-6-3-1-2-5(4-11)7(6)13-8;7-4-1-2-5(8)6(3-4)9(10)11/h1-6,18H,7H2;1-6,19H,7,18H2;1-3H,4,11H2;1-3H. The first-order valence-corrected chi connectivity index (χ1v) is 21.3. The Hall–Kier alpha value is -6.77. The Morgan fingerprint density at radius 2 is 0.912 bits per heavy atom. The number of nitrogens with two attached hydrogens (primary N) is 2. The second-order valence-corrected chi connectivity index (χ2v) is 16.4. The smallest absolute Gasteiger partial charge is 0.397 e. The average molecular weight is 1150 g/mol. The fraction of sp³-hybridized carbons (Fsp3) is 0.143. The first-order valence-electron chi connectivity index (χ1n) is 18.9. The molecule has 26 heteroatoms. The lowest BCUT2D eigenvalue weighted by atomic mass is 10.1. The van der Waals surface area contributed by atoms with Crippen molar-refractivity contribution in [2.24, 2.45) is 5.73 Å². The van der Waals surface area contributed by atoms with Crippen LogP contribution >= 0.6 is 47.8 Å². The fourth-order valence-corrected chi connectivity index (χ4v) is 7.10. The van der Waals surface area contributed by atoms with Gasteiger partial charge in [0.1, 0.15) is 5.69 Å². The molecular formula is C42H30Br3F7N6O10. The molecule has 3 aliphatic rings. The molecule has 9 rings (SSSR count). The summed E-state index contributed by atoms with van der Waals surface area (Å²) >= 11 is 9.47. The molecule has 6 aromatic rings. The summed E-state index contributed by atoms with van der Waals surface area (Å²) in [6.07, 6.45) is -10.9. The molecule has 0 amide bonds. The predicted molar refractivity (Wildman–Crippen MR) is 241 cm³/mol. The van der Waals surface area contributed by atoms with Gasteiger partial charge in [-0.25, -0.2) is 0 Å². The van der Waals surface area contributed by atoms with E-state index in [1.807, 2.05) is 6.07 Å². The molecule has 16 nitrogen and oxygen atoms in total. The molecule has 0 aromatic heterocycles. The van der Waals surface area contributed by atoms with Crippen LogP contribution in [0.15, 0.2) is 123 Å². The highest BCUT2D eigenvalue weighted by Crippen LogP contribution is 2.46. The monoisotopic (exact) mass is 1150 g/mol. The maximum atomic E-state index is 13.1. The van der Waals surface area contributed by atoms with Crippen LogP contribution in [-0.4, -0.2) is 28.7 Å². The minimum absolute atomic E-state index is 0.0306. The SMILES string of the molecule is NCc1cccc2c1OC(F)(F)O2.Nc1cc(Br)ccc1NCc1cccc2c1OC(F)(F)O2.O=[N+]([O-])c1cc(Br)ccc1F.O=[N+]([O-])c1cc(Br)ccc1NCc1cccc2c1OC(F)(F)O2. The summed E-state index contributed by atoms with van der Waals surface area (Å²) in [5.74, 6) is -0.820. The number of nitrogen functional groups attached to an aromatic ring is 1. The third-order valence-corrected chi connectivity index (χ3v) is 10.4. The molecule has 0 atom stereocenters. The number of alkyl halides is 6. The molecule has 358 valence electrons. The van der Waals surface area contributed by atoms with Gasteiger partial charge in [0.25, 0.3) is 5.69 Å². The third kappa shape index (κ3) is 13.0. The van der Waals surface area contributed by atoms with E-state index in [0.717, 1.165) is 16.6 Å². The minimum Gasteiger partial charge on any atom is -0.397 e. The normalized spacial score (nSPS) is 14.5. The van der Waals surface area contributed by atoms with Crippen molar-refractivity contribution in [3.05, 3.63) is 165 Å². The number of ether oxygens (including phenoxy) is 6. The van der Waals surface area contributed by atoms with E-state index >= 15 is 0 Å². The number of nitrogens with zero attached hydrogens (tertiary/aromatic N) is 2. The van der Waals surface area contributed by atoms with E-state index in [2.05, 4.69) is 86.8 Å². The van der Waals surface area contributed by atoms with E-state index in [4.69, 9.17) is 11.5 Å². The van der Waals surface area contributed by atoms with Gasteiger partial charge in [-0.1, -0.05) is 84.2 Å². The van der Waals surface area contributed by atoms with Gasteiger partial charge >= 0.3 is 24.6 Å². The lowest BCUT2D eigenvalue weighted by Crippen LogP contribution is -2.26. The van der Waals surface area contributed by atoms with Crippen molar-refractivity contribution >= 4 is 76.2 Å². The average Bonchev–Trinajstić information content (AvgIpc) is 3.90. The van der Waals surface area contributed by atoms with Crippen molar-refractivity contribution < 1.29 is 69.0 Å². The summed E-state index contributed by atoms with van der Waals surface area (Å²) in [6.45, 7) is 0.488. The number of rotatable bonds is 9. The second-order valence-electron chi connectivity index (χ2n) is 13.6. The van der Waals surface area contributed by atoms with Gasteiger partial charge in [0, 0.05) is 61.9 Å². The van der Waals surface area contributed by atoms with Crippen LogP contribution in [0.1, 0.15) is 16.7 Å². The van der Waals surface area contributed by atoms with Crippen LogP contribution in [0.2, 0.25) is 0 Å². The van der Waals surface area contributed by atoms with Gasteiger partial charge in [-0.3, -0.25) is 20.2 Å². The van der Waals surface area contributed by atoms with E-state index in [1.54, 1.807) is 48.5 Å². The summed E-state index contributed by atoms with van der Waals surface area (Å²) in [5, 5.41) is 27.1. The predicted octanol–water partition coefficient (Wildman–Crippen LogP) is 12.2. The first-order chi connectivity index (χ1) is 32.0. The maximum Gasteiger partial charge on any atom is 0.586 e. The largest absolute Gasteiger partial charge is 0.586 e. The van der Waals surface area contributed by atoms with Gasteiger partial charge in [-0.15, -0.1) is 26.3 Å². The number of anilines is 3. The molecule has 0 unspecified atom stereocenters. The van der Waals surface area contributed by atoms with Gasteiger partial charge in [0.05, 0.1) is 21.2 Å². The van der Waals surface area contributed by atoms with Crippen LogP contribution < -0.4 is 50.5 Å². The Labute approximate surface area is 403 Å². The van der Waals surface area contributed by atoms with Crippen LogP contribution in [-0.2, 0) is 19.6 Å². The van der Waals surface area contributed by atoms with Gasteiger partial charge < -0.3 is 50.5 Å². The van der Waals surface area contributed by atoms with E-state index in [-0.39, 0.29) is 65.5 Å². The van der Waals surface area contributed by atoms with Gasteiger partial charge in [-0.2, -0.15) is 4.39 Å². The number of benzene rings is 6. The summed E-state index contributed by atoms with van der Waals surface area (Å²) in [6, 6.07) is 27.3. The Morgan fingerprint density at radius 1 is 0.529 bits per heavy atom. The number of nitro groups is 2. The molecule has 3 heterocycles. The second kappa shape index (κ2) is 21.0. The molecule has 0 fully saturated rings. The zero-order valence-electron chi connectivity index (χ0n) is 33.9. The molecule has 6 aromatic carbocycles. The van der Waals surface area contributed by atoms with Crippen molar-refractivity contribution in [3.8, 4) is 34.5 Å². The first kappa shape index (κ1) is 50.6. The lowest BCUT2D eigenvalue weighted by molar-refractivity contribution is -0.387. The number of halogens is 10. The molecule has 0 aliphatic carbocycles. The van der Waals surface area contributed by atoms with Crippen LogP contribution in [0.5, 0.6) is 34.5 Å². The van der Waals surface area contributed by atoms with Crippen molar-refractivity contribution in [2.75, 3.05) is 16.4 Å². The highest BCUT2D eigenvalue weighted by atomic mass is 79.9. The van der Waals surface area contributed by atoms with E-state index in [9.17, 15) is 51.0 Å². The van der Waals surface area contributed by atoms with Crippen molar-refractivity contribution in [2.45, 2.75) is 38.5 Å². The van der Waals surface area contributed by atoms with Gasteiger partial charge in [-0.05, 0) is 60.7 Å². The number of para-hydroxylation sites is 3. The Balaban J connectivity index is 0.000000156. The summed E-state index contributed by atoms with van der Waals surface area (Å²) in [5.41, 5.74) is 13.6. The van der Waals surface area contributed by atoms with Crippen LogP contribution in [0.4, 0.5) is 59.2 Å². The number of hydrogen-bond donors (Lipinski definition) is 4. The third-order valence-electron chi connectivity index (χ3n) is 8.96. The molecule has 0 radical (unpaired) electrons. The molecule has 0 saturated carbocycles. The number of fused-ring (bicyclic) bond motifs is 3. The molecule has 68 heavy (non-hydrogen) atoms. The van der Waals surface area contributed by atoms with E-state index in [1.165, 1.54) is 42.5 Å². The van der Waals surface area contributed by atoms with Crippen molar-refractivity contribution in [1.82, 2.24) is 0 Å². The summed E-state index contributed by atoms with van der Waals surface area (Å²) in [4.78, 5) is 19.9. The zero-order valence-corrected chi connectivity index (χ0v) is 38.7. The Kier molecular flexibility index (Phi) is 15.7. The van der Waals surface area contributed by atoms with Crippen molar-refractivity contribution in [3.63, 3.8) is 0 Å². The van der Waals surface area contributed by atoms with Crippen LogP contribution in [0.25, 0.3) is 0 Å².